The lowest BCUT2D eigenvalue weighted by molar-refractivity contribution is 0.417. The summed E-state index contributed by atoms with van der Waals surface area (Å²) in [6.07, 6.45) is 2.46. The molecule has 0 radical (unpaired) electrons. The SMILES string of the molecule is C=C(/C=C\C)S(=O)(=O)Oc1cc(S(N=O)(N=O)N=O)cccc(S(=O)(=O)O)cc(N=Nc2cc(OC)c(N)cc2C)c1C.CC. The van der Waals surface area contributed by atoms with Gasteiger partial charge in [0.15, 0.2) is 10.6 Å². The Bertz CT molecular complexity index is 1790. The first kappa shape index (κ1) is 38.4. The Kier molecular flexibility index (Phi) is 14.1. The van der Waals surface area contributed by atoms with Gasteiger partial charge in [0.2, 0.25) is 0 Å². The van der Waals surface area contributed by atoms with Gasteiger partial charge in [0.25, 0.3) is 10.1 Å². The van der Waals surface area contributed by atoms with E-state index in [1.54, 1.807) is 6.92 Å². The number of benzene rings is 1. The highest BCUT2D eigenvalue weighted by molar-refractivity contribution is 8.30. The molecule has 2 aromatic carbocycles. The Labute approximate surface area is 262 Å². The number of nitroso groups, excluding NO2 is 3. The summed E-state index contributed by atoms with van der Waals surface area (Å²) in [4.78, 5) is 32.7. The third-order valence-corrected chi connectivity index (χ3v) is 8.98. The molecule has 0 heterocycles. The smallest absolute Gasteiger partial charge is 0.338 e. The second-order valence-electron chi connectivity index (χ2n) is 8.30. The van der Waals surface area contributed by atoms with Crippen LogP contribution in [0.15, 0.2) is 99.9 Å². The monoisotopic (exact) mass is 684 g/mol. The van der Waals surface area contributed by atoms with E-state index in [4.69, 9.17) is 14.7 Å². The summed E-state index contributed by atoms with van der Waals surface area (Å²) in [5.74, 6) is -0.449. The first-order valence-electron chi connectivity index (χ1n) is 12.6. The molecule has 0 saturated carbocycles. The van der Waals surface area contributed by atoms with E-state index < -0.39 is 57.0 Å². The fraction of sp³-hybridized carbons (Fsp3) is 0.231. The van der Waals surface area contributed by atoms with Crippen LogP contribution in [-0.4, -0.2) is 28.5 Å². The largest absolute Gasteiger partial charge is 0.495 e. The summed E-state index contributed by atoms with van der Waals surface area (Å²) >= 11 is 0. The minimum Gasteiger partial charge on any atom is -0.495 e. The van der Waals surface area contributed by atoms with Gasteiger partial charge in [-0.25, -0.2) is 0 Å². The minimum atomic E-state index is -4.98. The van der Waals surface area contributed by atoms with Crippen molar-refractivity contribution in [3.63, 3.8) is 0 Å². The number of nitrogens with zero attached hydrogens (tertiary/aromatic N) is 5. The summed E-state index contributed by atoms with van der Waals surface area (Å²) in [7, 11) is -12.6. The maximum absolute atomic E-state index is 13.0. The summed E-state index contributed by atoms with van der Waals surface area (Å²) in [6, 6.07) is 7.15. The normalized spacial score (nSPS) is 12.0. The van der Waals surface area contributed by atoms with Gasteiger partial charge in [0, 0.05) is 25.4 Å². The highest BCUT2D eigenvalue weighted by Gasteiger charge is 2.32. The molecule has 0 bridgehead atoms. The van der Waals surface area contributed by atoms with Gasteiger partial charge in [-0.3, -0.25) is 4.55 Å². The van der Waals surface area contributed by atoms with Crippen LogP contribution >= 0.6 is 10.6 Å². The Morgan fingerprint density at radius 3 is 1.96 bits per heavy atom. The third kappa shape index (κ3) is 9.70. The Morgan fingerprint density at radius 2 is 1.44 bits per heavy atom. The van der Waals surface area contributed by atoms with Gasteiger partial charge in [-0.05, 0) is 62.7 Å². The molecule has 0 atom stereocenters. The molecule has 0 aliphatic heterocycles. The van der Waals surface area contributed by atoms with Crippen LogP contribution in [0, 0.1) is 28.6 Å². The van der Waals surface area contributed by atoms with E-state index in [1.807, 2.05) is 13.8 Å². The van der Waals surface area contributed by atoms with E-state index in [0.29, 0.717) is 11.3 Å². The van der Waals surface area contributed by atoms with Crippen LogP contribution in [0.2, 0.25) is 0 Å². The van der Waals surface area contributed by atoms with Gasteiger partial charge in [-0.15, -0.1) is 14.7 Å². The predicted octanol–water partition coefficient (Wildman–Crippen LogP) is 7.71. The number of allylic oxidation sites excluding steroid dienone is 2. The zero-order valence-electron chi connectivity index (χ0n) is 25.1. The van der Waals surface area contributed by atoms with Crippen molar-refractivity contribution in [3.05, 3.63) is 91.9 Å². The second-order valence-corrected chi connectivity index (χ2v) is 13.3. The standard InChI is InChI=1S/C24H26N6O10S3.C2H6/c1-6-8-16(3)43(37,38)40-23-13-18(41(28-31,29-32)30-33)9-7-10-19(42(34,35)36)12-22(17(23)4)27-26-21-14-24(39-5)20(25)11-15(21)2;1-2/h6-14H,3,25H2,1-2,4-5H3,(H,34,35,36);1-2H3/b8-6-,9-7?,10-7?,18-9?,18-13?,19-10?,19-12?,22-12?,22-17?,23-13?,23-17?,27-26?;. The Balaban J connectivity index is 0.00000496. The molecule has 3 N–H and O–H groups in total. The lowest BCUT2D eigenvalue weighted by Crippen LogP contribution is -2.11. The quantitative estimate of drug-likeness (QED) is 0.0547. The molecule has 0 fully saturated rings. The Morgan fingerprint density at radius 1 is 0.889 bits per heavy atom. The molecule has 45 heavy (non-hydrogen) atoms. The van der Waals surface area contributed by atoms with Crippen molar-refractivity contribution in [1.82, 2.24) is 0 Å². The van der Waals surface area contributed by atoms with E-state index in [1.165, 1.54) is 39.2 Å². The molecule has 0 amide bonds. The number of rotatable bonds is 12. The highest BCUT2D eigenvalue weighted by atomic mass is 32.3. The Hall–Kier alpha value is -4.59. The molecule has 0 aromatic heterocycles. The predicted molar refractivity (Wildman–Crippen MR) is 173 cm³/mol. The minimum absolute atomic E-state index is 0.200. The maximum Gasteiger partial charge on any atom is 0.338 e. The average Bonchev–Trinajstić information content (AvgIpc) is 2.99. The molecule has 2 aromatic rings. The number of anilines is 1. The molecule has 0 aliphatic rings. The highest BCUT2D eigenvalue weighted by Crippen LogP contribution is 2.59. The van der Waals surface area contributed by atoms with Gasteiger partial charge in [0.1, 0.15) is 11.5 Å². The van der Waals surface area contributed by atoms with Crippen LogP contribution < -0.4 is 14.7 Å². The molecule has 244 valence electrons. The van der Waals surface area contributed by atoms with Crippen LogP contribution in [0.3, 0.4) is 0 Å². The van der Waals surface area contributed by atoms with Gasteiger partial charge in [0.05, 0.1) is 38.9 Å². The third-order valence-electron chi connectivity index (χ3n) is 5.44. The number of nitrogens with two attached hydrogens (primary N) is 1. The van der Waals surface area contributed by atoms with Crippen LogP contribution in [-0.2, 0) is 20.2 Å². The molecule has 0 spiro atoms. The number of nitrogen functional groups attached to an aromatic ring is 1. The zero-order chi connectivity index (χ0) is 34.6. The number of hydrogen-bond donors (Lipinski definition) is 2. The fourth-order valence-electron chi connectivity index (χ4n) is 3.16. The van der Waals surface area contributed by atoms with E-state index in [-0.39, 0.29) is 17.0 Å². The molecule has 19 heteroatoms. The van der Waals surface area contributed by atoms with E-state index in [9.17, 15) is 36.1 Å². The molecule has 0 aliphatic carbocycles. The molecule has 2 rings (SSSR count). The first-order valence-corrected chi connectivity index (χ1v) is 16.9. The van der Waals surface area contributed by atoms with Crippen LogP contribution in [0.5, 0.6) is 11.5 Å². The van der Waals surface area contributed by atoms with Crippen molar-refractivity contribution in [2.75, 3.05) is 12.8 Å². The van der Waals surface area contributed by atoms with E-state index in [2.05, 4.69) is 30.6 Å². The second kappa shape index (κ2) is 16.5. The van der Waals surface area contributed by atoms with Crippen molar-refractivity contribution in [2.45, 2.75) is 44.4 Å². The van der Waals surface area contributed by atoms with E-state index >= 15 is 0 Å². The van der Waals surface area contributed by atoms with Crippen LogP contribution in [0.25, 0.3) is 0 Å². The van der Waals surface area contributed by atoms with E-state index in [0.717, 1.165) is 36.4 Å². The molecular weight excluding hydrogens is 653 g/mol. The number of methoxy groups -OCH3 is 1. The van der Waals surface area contributed by atoms with Gasteiger partial charge < -0.3 is 14.7 Å². The topological polar surface area (TPSA) is 246 Å². The number of ether oxygens (including phenoxy) is 1. The van der Waals surface area contributed by atoms with Crippen LogP contribution in [0.1, 0.15) is 31.9 Å². The summed E-state index contributed by atoms with van der Waals surface area (Å²) in [6.45, 7) is 11.8. The zero-order valence-corrected chi connectivity index (χ0v) is 27.5. The van der Waals surface area contributed by atoms with Crippen LogP contribution in [0.4, 0.5) is 17.1 Å². The van der Waals surface area contributed by atoms with Crippen molar-refractivity contribution >= 4 is 47.9 Å². The fourth-order valence-corrected chi connectivity index (χ4v) is 5.36. The van der Waals surface area contributed by atoms with Gasteiger partial charge >= 0.3 is 10.1 Å². The number of aryl methyl sites for hydroxylation is 1. The molecule has 16 nitrogen and oxygen atoms in total. The van der Waals surface area contributed by atoms with Gasteiger partial charge in [-0.2, -0.15) is 27.1 Å². The number of azo groups is 1. The first-order chi connectivity index (χ1) is 21.1. The lowest BCUT2D eigenvalue weighted by atomic mass is 10.1. The summed E-state index contributed by atoms with van der Waals surface area (Å²) in [5.41, 5.74) is 6.23. The number of hydrogen-bond acceptors (Lipinski definition) is 15. The molecule has 0 saturated heterocycles. The van der Waals surface area contributed by atoms with Crippen molar-refractivity contribution in [2.24, 2.45) is 24.0 Å². The summed E-state index contributed by atoms with van der Waals surface area (Å²) in [5, 5.41) is 8.14. The molecule has 0 unspecified atom stereocenters. The summed E-state index contributed by atoms with van der Waals surface area (Å²) < 4.78 is 77.9. The van der Waals surface area contributed by atoms with Crippen molar-refractivity contribution in [3.8, 4) is 11.5 Å². The average molecular weight is 685 g/mol. The van der Waals surface area contributed by atoms with Crippen molar-refractivity contribution in [1.29, 1.82) is 0 Å². The molecular formula is C26H32N6O10S3. The lowest BCUT2D eigenvalue weighted by Gasteiger charge is -2.15. The van der Waals surface area contributed by atoms with Crippen molar-refractivity contribution < 1.29 is 30.3 Å². The maximum atomic E-state index is 13.0. The van der Waals surface area contributed by atoms with Gasteiger partial charge in [-0.1, -0.05) is 32.6 Å².